The van der Waals surface area contributed by atoms with Gasteiger partial charge in [-0.05, 0) is 0 Å². The Bertz CT molecular complexity index is 145. The number of carbonyl (C=O) groups is 2. The van der Waals surface area contributed by atoms with Gasteiger partial charge in [0.2, 0.25) is 0 Å². The molecule has 0 aromatic heterocycles. The zero-order valence-electron chi connectivity index (χ0n) is 3.84. The lowest BCUT2D eigenvalue weighted by Crippen LogP contribution is -2.20. The van der Waals surface area contributed by atoms with Crippen LogP contribution in [0, 0.1) is 0 Å². The van der Waals surface area contributed by atoms with E-state index in [1.54, 1.807) is 0 Å². The summed E-state index contributed by atoms with van der Waals surface area (Å²) < 4.78 is 10.3. The summed E-state index contributed by atoms with van der Waals surface area (Å²) in [7, 11) is 0. The van der Waals surface area contributed by atoms with Gasteiger partial charge in [0.05, 0.1) is 11.2 Å². The molecule has 44 valence electrons. The predicted molar refractivity (Wildman–Crippen MR) is 26.5 cm³/mol. The maximum Gasteiger partial charge on any atom is 0.434 e. The Balaban J connectivity index is 2.64. The van der Waals surface area contributed by atoms with Gasteiger partial charge in [-0.25, -0.2) is 10.1 Å². The van der Waals surface area contributed by atoms with Crippen LogP contribution in [0.5, 0.6) is 0 Å². The minimum atomic E-state index is -1.60. The van der Waals surface area contributed by atoms with Crippen molar-refractivity contribution >= 4 is 22.3 Å². The average Bonchev–Trinajstić information content (AvgIpc) is 1.85. The number of nitrogens with one attached hydrogen (secondary N) is 1. The van der Waals surface area contributed by atoms with Crippen LogP contribution in [-0.4, -0.2) is 21.5 Å². The van der Waals surface area contributed by atoms with E-state index in [9.17, 15) is 14.1 Å². The molecule has 8 heavy (non-hydrogen) atoms. The summed E-state index contributed by atoms with van der Waals surface area (Å²) in [6.07, 6.45) is 0. The summed E-state index contributed by atoms with van der Waals surface area (Å²) >= 11 is -1.60. The molecule has 0 saturated carbocycles. The van der Waals surface area contributed by atoms with Gasteiger partial charge in [0.15, 0.2) is 5.75 Å². The first-order valence-electron chi connectivity index (χ1n) is 1.92. The summed E-state index contributed by atoms with van der Waals surface area (Å²) in [6.45, 7) is 0. The third kappa shape index (κ3) is 0.823. The zero-order chi connectivity index (χ0) is 6.15. The van der Waals surface area contributed by atoms with Crippen molar-refractivity contribution in [2.45, 2.75) is 0 Å². The molecule has 1 atom stereocenters. The number of imide groups is 1. The standard InChI is InChI=1S/C3H3NO3S/c5-2-1-8(7)3(6)4-2/h1H2,(H,4,5,6). The second-order valence-corrected chi connectivity index (χ2v) is 2.68. The Morgan fingerprint density at radius 1 is 1.62 bits per heavy atom. The van der Waals surface area contributed by atoms with Crippen LogP contribution in [0.15, 0.2) is 0 Å². The molecule has 1 aliphatic rings. The fourth-order valence-electron chi connectivity index (χ4n) is 0.391. The quantitative estimate of drug-likeness (QED) is 0.430. The molecule has 0 bridgehead atoms. The number of carbonyl (C=O) groups excluding carboxylic acids is 2. The number of hydrogen-bond donors (Lipinski definition) is 1. The van der Waals surface area contributed by atoms with Crippen molar-refractivity contribution in [3.05, 3.63) is 0 Å². The molecule has 1 rings (SSSR count). The Hall–Kier alpha value is -0.550. The van der Waals surface area contributed by atoms with Crippen LogP contribution in [-0.2, 0) is 16.0 Å². The van der Waals surface area contributed by atoms with Gasteiger partial charge >= 0.3 is 5.24 Å². The zero-order valence-corrected chi connectivity index (χ0v) is 4.66. The van der Waals surface area contributed by atoms with Crippen molar-refractivity contribution in [3.63, 3.8) is 0 Å². The van der Waals surface area contributed by atoms with Crippen LogP contribution in [0.2, 0.25) is 0 Å². The maximum atomic E-state index is 10.3. The minimum absolute atomic E-state index is 0.168. The molecular formula is C3H3NO3S. The van der Waals surface area contributed by atoms with Gasteiger partial charge in [-0.1, -0.05) is 0 Å². The van der Waals surface area contributed by atoms with E-state index in [1.165, 1.54) is 0 Å². The Morgan fingerprint density at radius 3 is 2.38 bits per heavy atom. The van der Waals surface area contributed by atoms with E-state index in [-0.39, 0.29) is 5.75 Å². The number of rotatable bonds is 0. The highest BCUT2D eigenvalue weighted by Gasteiger charge is 2.32. The summed E-state index contributed by atoms with van der Waals surface area (Å²) in [5, 5.41) is 1.22. The first-order chi connectivity index (χ1) is 3.70. The van der Waals surface area contributed by atoms with Crippen molar-refractivity contribution in [1.82, 2.24) is 5.32 Å². The molecule has 4 nitrogen and oxygen atoms in total. The van der Waals surface area contributed by atoms with E-state index in [4.69, 9.17) is 0 Å². The van der Waals surface area contributed by atoms with Crippen LogP contribution in [0.4, 0.5) is 4.79 Å². The van der Waals surface area contributed by atoms with Gasteiger partial charge in [-0.15, -0.1) is 0 Å². The van der Waals surface area contributed by atoms with Crippen molar-refractivity contribution < 1.29 is 14.1 Å². The van der Waals surface area contributed by atoms with Crippen LogP contribution in [0.25, 0.3) is 0 Å². The highest BCUT2D eigenvalue weighted by molar-refractivity contribution is 8.07. The Labute approximate surface area is 48.4 Å². The molecule has 0 radical (unpaired) electrons. The van der Waals surface area contributed by atoms with Gasteiger partial charge in [-0.2, -0.15) is 0 Å². The maximum absolute atomic E-state index is 10.3. The van der Waals surface area contributed by atoms with Gasteiger partial charge in [0.25, 0.3) is 5.91 Å². The molecular weight excluding hydrogens is 130 g/mol. The lowest BCUT2D eigenvalue weighted by atomic mass is 10.7. The molecule has 1 aliphatic heterocycles. The minimum Gasteiger partial charge on any atom is -0.607 e. The van der Waals surface area contributed by atoms with Crippen LogP contribution >= 0.6 is 0 Å². The molecule has 0 spiro atoms. The summed E-state index contributed by atoms with van der Waals surface area (Å²) in [6, 6.07) is 0. The lowest BCUT2D eigenvalue weighted by molar-refractivity contribution is -0.117. The molecule has 1 unspecified atom stereocenters. The molecule has 2 amide bonds. The fourth-order valence-corrected chi connectivity index (χ4v) is 1.06. The van der Waals surface area contributed by atoms with Crippen molar-refractivity contribution in [2.24, 2.45) is 0 Å². The second kappa shape index (κ2) is 1.75. The summed E-state index contributed by atoms with van der Waals surface area (Å²) in [4.78, 5) is 20.3. The van der Waals surface area contributed by atoms with Crippen LogP contribution in [0.1, 0.15) is 0 Å². The highest BCUT2D eigenvalue weighted by Crippen LogP contribution is 1.98. The van der Waals surface area contributed by atoms with E-state index in [0.717, 1.165) is 0 Å². The molecule has 0 aromatic rings. The molecule has 0 aliphatic carbocycles. The van der Waals surface area contributed by atoms with Crippen molar-refractivity contribution in [3.8, 4) is 0 Å². The van der Waals surface area contributed by atoms with E-state index in [2.05, 4.69) is 0 Å². The van der Waals surface area contributed by atoms with E-state index in [1.807, 2.05) is 5.32 Å². The van der Waals surface area contributed by atoms with E-state index in [0.29, 0.717) is 0 Å². The molecule has 1 heterocycles. The second-order valence-electron chi connectivity index (χ2n) is 1.33. The van der Waals surface area contributed by atoms with E-state index >= 15 is 0 Å². The van der Waals surface area contributed by atoms with Gasteiger partial charge < -0.3 is 4.55 Å². The van der Waals surface area contributed by atoms with Crippen molar-refractivity contribution in [1.29, 1.82) is 0 Å². The molecule has 5 heteroatoms. The number of amides is 2. The highest BCUT2D eigenvalue weighted by atomic mass is 32.2. The lowest BCUT2D eigenvalue weighted by Gasteiger charge is -1.90. The summed E-state index contributed by atoms with van der Waals surface area (Å²) in [5.41, 5.74) is 0. The van der Waals surface area contributed by atoms with Crippen LogP contribution in [0.3, 0.4) is 0 Å². The fraction of sp³-hybridized carbons (Fsp3) is 0.333. The normalized spacial score (nSPS) is 28.4. The average molecular weight is 133 g/mol. The molecule has 1 N–H and O–H groups in total. The first kappa shape index (κ1) is 5.58. The van der Waals surface area contributed by atoms with Crippen molar-refractivity contribution in [2.75, 3.05) is 5.75 Å². The van der Waals surface area contributed by atoms with Crippen LogP contribution < -0.4 is 5.32 Å². The number of hydrogen-bond acceptors (Lipinski definition) is 3. The van der Waals surface area contributed by atoms with Gasteiger partial charge in [0.1, 0.15) is 0 Å². The van der Waals surface area contributed by atoms with E-state index < -0.39 is 22.3 Å². The van der Waals surface area contributed by atoms with Gasteiger partial charge in [0, 0.05) is 0 Å². The first-order valence-corrected chi connectivity index (χ1v) is 3.24. The molecule has 0 aromatic carbocycles. The summed E-state index contributed by atoms with van der Waals surface area (Å²) in [5.74, 6) is -0.618. The largest absolute Gasteiger partial charge is 0.607 e. The third-order valence-electron chi connectivity index (χ3n) is 0.710. The monoisotopic (exact) mass is 133 g/mol. The Morgan fingerprint density at radius 2 is 2.25 bits per heavy atom. The SMILES string of the molecule is O=C1C[S+]([O-])C(=O)N1. The topological polar surface area (TPSA) is 69.2 Å². The molecule has 1 fully saturated rings. The third-order valence-corrected chi connectivity index (χ3v) is 1.75. The molecule has 1 saturated heterocycles. The predicted octanol–water partition coefficient (Wildman–Crippen LogP) is -1.02. The van der Waals surface area contributed by atoms with Gasteiger partial charge in [-0.3, -0.25) is 4.79 Å². The Kier molecular flexibility index (Phi) is 1.22. The smallest absolute Gasteiger partial charge is 0.434 e.